The van der Waals surface area contributed by atoms with Gasteiger partial charge >= 0.3 is 0 Å². The van der Waals surface area contributed by atoms with Crippen molar-refractivity contribution < 1.29 is 17.2 Å². The van der Waals surface area contributed by atoms with Crippen LogP contribution in [-0.4, -0.2) is 18.2 Å². The first-order chi connectivity index (χ1) is 13.4. The number of hydrogen-bond donors (Lipinski definition) is 1. The van der Waals surface area contributed by atoms with Crippen molar-refractivity contribution in [2.75, 3.05) is 0 Å². The molecule has 0 aliphatic heterocycles. The number of rotatable bonds is 6. The maximum Gasteiger partial charge on any atom is 0.243 e. The average Bonchev–Trinajstić information content (AvgIpc) is 3.39. The van der Waals surface area contributed by atoms with Crippen molar-refractivity contribution in [2.24, 2.45) is 0 Å². The molecule has 4 rings (SSSR count). The van der Waals surface area contributed by atoms with Crippen LogP contribution in [0.4, 0.5) is 8.78 Å². The Morgan fingerprint density at radius 1 is 1.18 bits per heavy atom. The van der Waals surface area contributed by atoms with Crippen molar-refractivity contribution in [2.45, 2.75) is 43.2 Å². The third-order valence-electron chi connectivity index (χ3n) is 4.86. The van der Waals surface area contributed by atoms with E-state index >= 15 is 0 Å². The zero-order valence-electron chi connectivity index (χ0n) is 14.9. The predicted molar refractivity (Wildman–Crippen MR) is 103 cm³/mol. The highest BCUT2D eigenvalue weighted by Crippen LogP contribution is 2.35. The molecule has 0 spiro atoms. The van der Waals surface area contributed by atoms with E-state index < -0.39 is 26.6 Å². The van der Waals surface area contributed by atoms with Gasteiger partial charge in [0, 0.05) is 6.07 Å². The van der Waals surface area contributed by atoms with E-state index in [1.54, 1.807) is 11.3 Å². The van der Waals surface area contributed by atoms with Crippen LogP contribution in [0.25, 0.3) is 10.6 Å². The van der Waals surface area contributed by atoms with Crippen LogP contribution in [-0.2, 0) is 16.6 Å². The molecule has 9 heteroatoms. The quantitative estimate of drug-likeness (QED) is 0.636. The van der Waals surface area contributed by atoms with Gasteiger partial charge in [-0.15, -0.1) is 11.3 Å². The summed E-state index contributed by atoms with van der Waals surface area (Å²) < 4.78 is 56.1. The fourth-order valence-electron chi connectivity index (χ4n) is 3.51. The van der Waals surface area contributed by atoms with Crippen LogP contribution in [0.3, 0.4) is 0 Å². The van der Waals surface area contributed by atoms with Crippen molar-refractivity contribution in [1.29, 1.82) is 0 Å². The van der Waals surface area contributed by atoms with Crippen LogP contribution < -0.4 is 4.72 Å². The second-order valence-electron chi connectivity index (χ2n) is 6.78. The maximum absolute atomic E-state index is 13.9. The molecule has 1 fully saturated rings. The zero-order valence-corrected chi connectivity index (χ0v) is 16.6. The molecule has 2 aromatic heterocycles. The molecule has 148 valence electrons. The van der Waals surface area contributed by atoms with Gasteiger partial charge in [0.25, 0.3) is 0 Å². The van der Waals surface area contributed by atoms with Crippen molar-refractivity contribution >= 4 is 21.4 Å². The van der Waals surface area contributed by atoms with Crippen LogP contribution in [0.15, 0.2) is 46.7 Å². The Balaban J connectivity index is 1.59. The van der Waals surface area contributed by atoms with Crippen LogP contribution in [0.5, 0.6) is 0 Å². The molecule has 1 aromatic carbocycles. The van der Waals surface area contributed by atoms with Crippen LogP contribution in [0.1, 0.15) is 37.4 Å². The Kier molecular flexibility index (Phi) is 5.31. The molecule has 0 atom stereocenters. The van der Waals surface area contributed by atoms with Crippen LogP contribution in [0.2, 0.25) is 0 Å². The lowest BCUT2D eigenvalue weighted by molar-refractivity contribution is 0.467. The lowest BCUT2D eigenvalue weighted by Crippen LogP contribution is -2.24. The fourth-order valence-corrected chi connectivity index (χ4v) is 5.30. The summed E-state index contributed by atoms with van der Waals surface area (Å²) in [6, 6.07) is 8.53. The van der Waals surface area contributed by atoms with Gasteiger partial charge in [-0.2, -0.15) is 5.10 Å². The highest BCUT2D eigenvalue weighted by atomic mass is 32.2. The summed E-state index contributed by atoms with van der Waals surface area (Å²) in [4.78, 5) is 0.487. The van der Waals surface area contributed by atoms with Gasteiger partial charge < -0.3 is 0 Å². The number of halogens is 2. The first kappa shape index (κ1) is 19.2. The molecular weight excluding hydrogens is 404 g/mol. The first-order valence-corrected chi connectivity index (χ1v) is 11.4. The van der Waals surface area contributed by atoms with Crippen molar-refractivity contribution in [3.05, 3.63) is 59.1 Å². The largest absolute Gasteiger partial charge is 0.261 e. The number of aromatic nitrogens is 2. The molecule has 2 heterocycles. The Morgan fingerprint density at radius 3 is 2.64 bits per heavy atom. The van der Waals surface area contributed by atoms with E-state index in [9.17, 15) is 17.2 Å². The third kappa shape index (κ3) is 3.87. The summed E-state index contributed by atoms with van der Waals surface area (Å²) in [5.74, 6) is -1.95. The molecule has 1 aliphatic rings. The van der Waals surface area contributed by atoms with Gasteiger partial charge in [0.2, 0.25) is 10.0 Å². The Labute approximate surface area is 166 Å². The Morgan fingerprint density at radius 2 is 1.96 bits per heavy atom. The van der Waals surface area contributed by atoms with Gasteiger partial charge in [0.05, 0.1) is 28.9 Å². The summed E-state index contributed by atoms with van der Waals surface area (Å²) in [6.07, 6.45) is 4.40. The summed E-state index contributed by atoms with van der Waals surface area (Å²) in [6.45, 7) is -0.0722. The summed E-state index contributed by atoms with van der Waals surface area (Å²) in [5, 5.41) is 6.61. The molecule has 0 saturated heterocycles. The van der Waals surface area contributed by atoms with Gasteiger partial charge in [0.15, 0.2) is 0 Å². The third-order valence-corrected chi connectivity index (χ3v) is 7.18. The first-order valence-electron chi connectivity index (χ1n) is 9.01. The van der Waals surface area contributed by atoms with E-state index in [1.165, 1.54) is 0 Å². The molecule has 0 radical (unpaired) electrons. The molecule has 0 amide bonds. The highest BCUT2D eigenvalue weighted by molar-refractivity contribution is 7.89. The Hall–Kier alpha value is -2.10. The minimum absolute atomic E-state index is 0.0722. The normalized spacial score (nSPS) is 15.4. The number of benzene rings is 1. The average molecular weight is 424 g/mol. The van der Waals surface area contributed by atoms with E-state index in [1.807, 2.05) is 28.3 Å². The molecule has 1 N–H and O–H groups in total. The Bertz CT molecular complexity index is 1070. The molecule has 5 nitrogen and oxygen atoms in total. The van der Waals surface area contributed by atoms with E-state index in [2.05, 4.69) is 9.82 Å². The number of nitrogens with one attached hydrogen (secondary N) is 1. The van der Waals surface area contributed by atoms with E-state index in [0.29, 0.717) is 17.8 Å². The number of sulfonamides is 1. The minimum atomic E-state index is -4.12. The predicted octanol–water partition coefficient (Wildman–Crippen LogP) is 4.48. The second kappa shape index (κ2) is 7.73. The molecule has 28 heavy (non-hydrogen) atoms. The highest BCUT2D eigenvalue weighted by Gasteiger charge is 2.24. The second-order valence-corrected chi connectivity index (χ2v) is 9.46. The zero-order chi connectivity index (χ0) is 19.7. The fraction of sp³-hybridized carbons (Fsp3) is 0.316. The topological polar surface area (TPSA) is 64.0 Å². The van der Waals surface area contributed by atoms with Crippen molar-refractivity contribution in [3.8, 4) is 10.6 Å². The van der Waals surface area contributed by atoms with Gasteiger partial charge in [-0.25, -0.2) is 21.9 Å². The number of thiophene rings is 1. The molecule has 0 bridgehead atoms. The molecule has 1 saturated carbocycles. The lowest BCUT2D eigenvalue weighted by atomic mass is 10.2. The molecule has 3 aromatic rings. The SMILES string of the molecule is O=S(=O)(NCc1cc(-c2cccs2)n(C2CCCC2)n1)c1ccc(F)cc1F. The smallest absolute Gasteiger partial charge is 0.243 e. The monoisotopic (exact) mass is 423 g/mol. The summed E-state index contributed by atoms with van der Waals surface area (Å²) in [5.41, 5.74) is 1.52. The van der Waals surface area contributed by atoms with Gasteiger partial charge in [-0.3, -0.25) is 4.68 Å². The van der Waals surface area contributed by atoms with Crippen LogP contribution in [0, 0.1) is 11.6 Å². The van der Waals surface area contributed by atoms with Gasteiger partial charge in [0.1, 0.15) is 16.5 Å². The van der Waals surface area contributed by atoms with Gasteiger partial charge in [-0.1, -0.05) is 18.9 Å². The van der Waals surface area contributed by atoms with Crippen molar-refractivity contribution in [1.82, 2.24) is 14.5 Å². The number of hydrogen-bond acceptors (Lipinski definition) is 4. The minimum Gasteiger partial charge on any atom is -0.261 e. The van der Waals surface area contributed by atoms with E-state index in [-0.39, 0.29) is 6.54 Å². The van der Waals surface area contributed by atoms with Crippen LogP contribution >= 0.6 is 11.3 Å². The maximum atomic E-state index is 13.9. The summed E-state index contributed by atoms with van der Waals surface area (Å²) in [7, 11) is -4.12. The van der Waals surface area contributed by atoms with Crippen molar-refractivity contribution in [3.63, 3.8) is 0 Å². The van der Waals surface area contributed by atoms with Gasteiger partial charge in [-0.05, 0) is 42.5 Å². The van der Waals surface area contributed by atoms with E-state index in [4.69, 9.17) is 0 Å². The van der Waals surface area contributed by atoms with E-state index in [0.717, 1.165) is 48.4 Å². The lowest BCUT2D eigenvalue weighted by Gasteiger charge is -2.13. The molecule has 1 aliphatic carbocycles. The standard InChI is InChI=1S/C19H19F2N3O2S2/c20-13-7-8-19(16(21)10-13)28(25,26)22-12-14-11-17(18-6-3-9-27-18)24(23-14)15-4-1-2-5-15/h3,6-11,15,22H,1-2,4-5,12H2. The molecular formula is C19H19F2N3O2S2. The summed E-state index contributed by atoms with van der Waals surface area (Å²) >= 11 is 1.60. The molecule has 0 unspecified atom stereocenters. The number of nitrogens with zero attached hydrogens (tertiary/aromatic N) is 2.